The molecule has 0 bridgehead atoms. The lowest BCUT2D eigenvalue weighted by molar-refractivity contribution is -0.146. The standard InChI is InChI=1S/C22H42O4/c1-4-5-6-7-8-9-10-11-12-13-14-18-25-21(23)16-15-17-22(24)26-19-20(2)3/h20H,4-19H2,1-3H3. The van der Waals surface area contributed by atoms with Crippen LogP contribution in [0.5, 0.6) is 0 Å². The molecular weight excluding hydrogens is 328 g/mol. The molecule has 0 fully saturated rings. The van der Waals surface area contributed by atoms with Crippen LogP contribution in [0.4, 0.5) is 0 Å². The highest BCUT2D eigenvalue weighted by Crippen LogP contribution is 2.11. The van der Waals surface area contributed by atoms with Crippen molar-refractivity contribution in [2.45, 2.75) is 111 Å². The third-order valence-corrected chi connectivity index (χ3v) is 4.35. The number of esters is 2. The lowest BCUT2D eigenvalue weighted by Gasteiger charge is -2.07. The molecule has 26 heavy (non-hydrogen) atoms. The van der Waals surface area contributed by atoms with E-state index >= 15 is 0 Å². The van der Waals surface area contributed by atoms with E-state index in [0.29, 0.717) is 38.4 Å². The van der Waals surface area contributed by atoms with Crippen LogP contribution >= 0.6 is 0 Å². The molecule has 0 unspecified atom stereocenters. The van der Waals surface area contributed by atoms with Crippen molar-refractivity contribution in [1.82, 2.24) is 0 Å². The molecule has 0 aromatic heterocycles. The number of hydrogen-bond donors (Lipinski definition) is 0. The van der Waals surface area contributed by atoms with Gasteiger partial charge in [-0.05, 0) is 18.8 Å². The van der Waals surface area contributed by atoms with Crippen molar-refractivity contribution in [2.75, 3.05) is 13.2 Å². The van der Waals surface area contributed by atoms with Crippen LogP contribution in [0.2, 0.25) is 0 Å². The van der Waals surface area contributed by atoms with Crippen LogP contribution in [0.1, 0.15) is 111 Å². The second-order valence-corrected chi connectivity index (χ2v) is 7.69. The van der Waals surface area contributed by atoms with E-state index < -0.39 is 0 Å². The molecule has 0 aliphatic heterocycles. The van der Waals surface area contributed by atoms with Gasteiger partial charge in [0.25, 0.3) is 0 Å². The summed E-state index contributed by atoms with van der Waals surface area (Å²) in [6.45, 7) is 7.20. The van der Waals surface area contributed by atoms with Crippen LogP contribution in [-0.2, 0) is 19.1 Å². The highest BCUT2D eigenvalue weighted by molar-refractivity contribution is 5.72. The van der Waals surface area contributed by atoms with Crippen molar-refractivity contribution in [2.24, 2.45) is 5.92 Å². The smallest absolute Gasteiger partial charge is 0.305 e. The Morgan fingerprint density at radius 2 is 1.12 bits per heavy atom. The molecule has 0 amide bonds. The Labute approximate surface area is 161 Å². The maximum atomic E-state index is 11.6. The molecule has 154 valence electrons. The molecular formula is C22H42O4. The molecule has 0 aliphatic carbocycles. The Bertz CT molecular complexity index is 339. The van der Waals surface area contributed by atoms with E-state index in [4.69, 9.17) is 9.47 Å². The zero-order chi connectivity index (χ0) is 19.5. The van der Waals surface area contributed by atoms with Crippen LogP contribution in [-0.4, -0.2) is 25.2 Å². The summed E-state index contributed by atoms with van der Waals surface area (Å²) in [6.07, 6.45) is 15.2. The number of carbonyl (C=O) groups is 2. The first kappa shape index (κ1) is 24.9. The van der Waals surface area contributed by atoms with E-state index in [9.17, 15) is 9.59 Å². The van der Waals surface area contributed by atoms with Crippen LogP contribution in [0.15, 0.2) is 0 Å². The SMILES string of the molecule is CCCCCCCCCCCCCOC(=O)CCCC(=O)OCC(C)C. The minimum atomic E-state index is -0.225. The Morgan fingerprint density at radius 1 is 0.654 bits per heavy atom. The van der Waals surface area contributed by atoms with Crippen molar-refractivity contribution in [1.29, 1.82) is 0 Å². The molecule has 0 heterocycles. The first-order valence-corrected chi connectivity index (χ1v) is 10.9. The maximum Gasteiger partial charge on any atom is 0.305 e. The summed E-state index contributed by atoms with van der Waals surface area (Å²) in [6, 6.07) is 0. The molecule has 0 saturated carbocycles. The van der Waals surface area contributed by atoms with E-state index in [2.05, 4.69) is 6.92 Å². The predicted molar refractivity (Wildman–Crippen MR) is 107 cm³/mol. The van der Waals surface area contributed by atoms with Gasteiger partial charge in [-0.15, -0.1) is 0 Å². The lowest BCUT2D eigenvalue weighted by Crippen LogP contribution is -2.11. The van der Waals surface area contributed by atoms with Crippen LogP contribution < -0.4 is 0 Å². The summed E-state index contributed by atoms with van der Waals surface area (Å²) in [4.78, 5) is 23.0. The molecule has 4 heteroatoms. The molecule has 0 spiro atoms. The van der Waals surface area contributed by atoms with Gasteiger partial charge < -0.3 is 9.47 Å². The minimum absolute atomic E-state index is 0.200. The molecule has 0 N–H and O–H groups in total. The van der Waals surface area contributed by atoms with Crippen LogP contribution in [0.25, 0.3) is 0 Å². The fourth-order valence-corrected chi connectivity index (χ4v) is 2.73. The van der Waals surface area contributed by atoms with Crippen molar-refractivity contribution in [3.8, 4) is 0 Å². The molecule has 0 atom stereocenters. The predicted octanol–water partition coefficient (Wildman–Crippen LogP) is 6.21. The van der Waals surface area contributed by atoms with Gasteiger partial charge >= 0.3 is 11.9 Å². The Balaban J connectivity index is 3.27. The van der Waals surface area contributed by atoms with Crippen molar-refractivity contribution < 1.29 is 19.1 Å². The van der Waals surface area contributed by atoms with Crippen molar-refractivity contribution in [3.63, 3.8) is 0 Å². The highest BCUT2D eigenvalue weighted by atomic mass is 16.5. The van der Waals surface area contributed by atoms with E-state index in [0.717, 1.165) is 12.8 Å². The number of ether oxygens (including phenoxy) is 2. The third-order valence-electron chi connectivity index (χ3n) is 4.35. The van der Waals surface area contributed by atoms with Gasteiger partial charge in [-0.1, -0.05) is 85.0 Å². The molecule has 0 rings (SSSR count). The monoisotopic (exact) mass is 370 g/mol. The zero-order valence-electron chi connectivity index (χ0n) is 17.5. The molecule has 0 radical (unpaired) electrons. The second kappa shape index (κ2) is 18.7. The Kier molecular flexibility index (Phi) is 18.0. The van der Waals surface area contributed by atoms with Crippen LogP contribution in [0, 0.1) is 5.92 Å². The summed E-state index contributed by atoms with van der Waals surface area (Å²) in [5.74, 6) is -0.0830. The first-order valence-electron chi connectivity index (χ1n) is 10.9. The molecule has 0 aromatic rings. The molecule has 0 saturated heterocycles. The summed E-state index contributed by atoms with van der Waals surface area (Å²) in [5.41, 5.74) is 0. The van der Waals surface area contributed by atoms with Gasteiger partial charge in [0.15, 0.2) is 0 Å². The number of rotatable bonds is 18. The summed E-state index contributed by atoms with van der Waals surface area (Å²) in [7, 11) is 0. The average Bonchev–Trinajstić information content (AvgIpc) is 2.61. The first-order chi connectivity index (χ1) is 12.6. The largest absolute Gasteiger partial charge is 0.466 e. The number of unbranched alkanes of at least 4 members (excludes halogenated alkanes) is 10. The third kappa shape index (κ3) is 19.3. The van der Waals surface area contributed by atoms with Crippen molar-refractivity contribution >= 4 is 11.9 Å². The highest BCUT2D eigenvalue weighted by Gasteiger charge is 2.08. The molecule has 0 aromatic carbocycles. The maximum absolute atomic E-state index is 11.6. The molecule has 0 aliphatic rings. The van der Waals surface area contributed by atoms with Gasteiger partial charge in [-0.25, -0.2) is 0 Å². The van der Waals surface area contributed by atoms with E-state index in [1.165, 1.54) is 57.8 Å². The normalized spacial score (nSPS) is 10.9. The number of hydrogen-bond acceptors (Lipinski definition) is 4. The van der Waals surface area contributed by atoms with E-state index in [1.54, 1.807) is 0 Å². The summed E-state index contributed by atoms with van der Waals surface area (Å²) >= 11 is 0. The van der Waals surface area contributed by atoms with Gasteiger partial charge in [0, 0.05) is 12.8 Å². The van der Waals surface area contributed by atoms with Gasteiger partial charge in [0.1, 0.15) is 0 Å². The van der Waals surface area contributed by atoms with E-state index in [1.807, 2.05) is 13.8 Å². The zero-order valence-corrected chi connectivity index (χ0v) is 17.5. The fourth-order valence-electron chi connectivity index (χ4n) is 2.73. The molecule has 4 nitrogen and oxygen atoms in total. The minimum Gasteiger partial charge on any atom is -0.466 e. The van der Waals surface area contributed by atoms with Gasteiger partial charge in [-0.3, -0.25) is 9.59 Å². The Hall–Kier alpha value is -1.06. The lowest BCUT2D eigenvalue weighted by atomic mass is 10.1. The number of carbonyl (C=O) groups excluding carboxylic acids is 2. The quantitative estimate of drug-likeness (QED) is 0.212. The fraction of sp³-hybridized carbons (Fsp3) is 0.909. The average molecular weight is 371 g/mol. The van der Waals surface area contributed by atoms with Crippen LogP contribution in [0.3, 0.4) is 0 Å². The Morgan fingerprint density at radius 3 is 1.62 bits per heavy atom. The summed E-state index contributed by atoms with van der Waals surface area (Å²) in [5, 5.41) is 0. The topological polar surface area (TPSA) is 52.6 Å². The van der Waals surface area contributed by atoms with Gasteiger partial charge in [0.05, 0.1) is 13.2 Å². The van der Waals surface area contributed by atoms with Crippen molar-refractivity contribution in [3.05, 3.63) is 0 Å². The second-order valence-electron chi connectivity index (χ2n) is 7.69. The van der Waals surface area contributed by atoms with Gasteiger partial charge in [0.2, 0.25) is 0 Å². The van der Waals surface area contributed by atoms with Gasteiger partial charge in [-0.2, -0.15) is 0 Å². The summed E-state index contributed by atoms with van der Waals surface area (Å²) < 4.78 is 10.3. The van der Waals surface area contributed by atoms with E-state index in [-0.39, 0.29) is 11.9 Å².